The molecule has 0 bridgehead atoms. The van der Waals surface area contributed by atoms with Crippen LogP contribution in [0.5, 0.6) is 0 Å². The number of carbonyl (C=O) groups excluding carboxylic acids is 1. The van der Waals surface area contributed by atoms with Gasteiger partial charge in [0, 0.05) is 16.1 Å². The summed E-state index contributed by atoms with van der Waals surface area (Å²) < 4.78 is 7.64. The van der Waals surface area contributed by atoms with E-state index >= 15 is 0 Å². The predicted molar refractivity (Wildman–Crippen MR) is 109 cm³/mol. The molecule has 2 aromatic heterocycles. The molecule has 27 heavy (non-hydrogen) atoms. The maximum atomic E-state index is 13.1. The quantitative estimate of drug-likeness (QED) is 0.414. The molecule has 0 atom stereocenters. The summed E-state index contributed by atoms with van der Waals surface area (Å²) in [4.78, 5) is 17.5. The summed E-state index contributed by atoms with van der Waals surface area (Å²) in [7, 11) is 0. The van der Waals surface area contributed by atoms with Crippen molar-refractivity contribution >= 4 is 51.3 Å². The molecule has 0 spiro atoms. The third kappa shape index (κ3) is 2.95. The molecular weight excluding hydrogens is 380 g/mol. The van der Waals surface area contributed by atoms with Gasteiger partial charge >= 0.3 is 0 Å². The van der Waals surface area contributed by atoms with Crippen LogP contribution in [0.2, 0.25) is 5.02 Å². The van der Waals surface area contributed by atoms with Crippen molar-refractivity contribution in [1.29, 1.82) is 0 Å². The fraction of sp³-hybridized carbons (Fsp3) is 0.238. The highest BCUT2D eigenvalue weighted by atomic mass is 35.5. The second-order valence-corrected chi connectivity index (χ2v) is 8.12. The topological polar surface area (TPSA) is 48.0 Å². The van der Waals surface area contributed by atoms with Crippen LogP contribution < -0.4 is 0 Å². The van der Waals surface area contributed by atoms with Gasteiger partial charge in [-0.1, -0.05) is 41.6 Å². The number of para-hydroxylation sites is 1. The van der Waals surface area contributed by atoms with Gasteiger partial charge in [0.2, 0.25) is 5.91 Å². The maximum absolute atomic E-state index is 13.1. The number of halogens is 1. The van der Waals surface area contributed by atoms with Crippen LogP contribution in [-0.4, -0.2) is 21.2 Å². The summed E-state index contributed by atoms with van der Waals surface area (Å²) in [6, 6.07) is 13.5. The molecular formula is C21H17ClN2O2S. The molecule has 0 saturated heterocycles. The second kappa shape index (κ2) is 6.73. The van der Waals surface area contributed by atoms with Gasteiger partial charge in [-0.2, -0.15) is 0 Å². The SMILES string of the molecule is O=C(CSc1nc2cc(Cl)ccc2o1)n1c2c(c3ccccc31)CCCC2. The van der Waals surface area contributed by atoms with Crippen molar-refractivity contribution in [2.75, 3.05) is 5.75 Å². The molecule has 2 heterocycles. The van der Waals surface area contributed by atoms with E-state index in [1.54, 1.807) is 18.2 Å². The fourth-order valence-electron chi connectivity index (χ4n) is 3.91. The lowest BCUT2D eigenvalue weighted by molar-refractivity contribution is 0.0943. The van der Waals surface area contributed by atoms with Crippen molar-refractivity contribution in [3.8, 4) is 0 Å². The Kier molecular flexibility index (Phi) is 4.21. The number of aromatic nitrogens is 2. The highest BCUT2D eigenvalue weighted by Gasteiger charge is 2.23. The smallest absolute Gasteiger partial charge is 0.257 e. The number of hydrogen-bond donors (Lipinski definition) is 0. The summed E-state index contributed by atoms with van der Waals surface area (Å²) in [5.74, 6) is 0.353. The van der Waals surface area contributed by atoms with Gasteiger partial charge in [-0.15, -0.1) is 0 Å². The van der Waals surface area contributed by atoms with Crippen LogP contribution in [0.15, 0.2) is 52.1 Å². The fourth-order valence-corrected chi connectivity index (χ4v) is 4.76. The summed E-state index contributed by atoms with van der Waals surface area (Å²) in [6.45, 7) is 0. The van der Waals surface area contributed by atoms with E-state index in [4.69, 9.17) is 16.0 Å². The van der Waals surface area contributed by atoms with Crippen LogP contribution in [0, 0.1) is 0 Å². The van der Waals surface area contributed by atoms with Crippen LogP contribution in [0.1, 0.15) is 28.9 Å². The average Bonchev–Trinajstić information content (AvgIpc) is 3.24. The Hall–Kier alpha value is -2.24. The first-order valence-electron chi connectivity index (χ1n) is 9.04. The molecule has 0 unspecified atom stereocenters. The van der Waals surface area contributed by atoms with Gasteiger partial charge in [0.15, 0.2) is 5.58 Å². The number of aryl methyl sites for hydroxylation is 1. The van der Waals surface area contributed by atoms with Crippen LogP contribution in [0.3, 0.4) is 0 Å². The third-order valence-corrected chi connectivity index (χ3v) is 6.13. The van der Waals surface area contributed by atoms with Gasteiger partial charge in [0.1, 0.15) is 5.52 Å². The first-order valence-corrected chi connectivity index (χ1v) is 10.4. The second-order valence-electron chi connectivity index (χ2n) is 6.76. The van der Waals surface area contributed by atoms with E-state index in [1.807, 2.05) is 22.8 Å². The highest BCUT2D eigenvalue weighted by Crippen LogP contribution is 2.33. The van der Waals surface area contributed by atoms with Crippen LogP contribution in [0.25, 0.3) is 22.0 Å². The number of thioether (sulfide) groups is 1. The molecule has 0 radical (unpaired) electrons. The van der Waals surface area contributed by atoms with E-state index in [0.717, 1.165) is 24.8 Å². The molecule has 6 heteroatoms. The van der Waals surface area contributed by atoms with Gasteiger partial charge in [0.05, 0.1) is 11.3 Å². The number of rotatable bonds is 3. The first-order chi connectivity index (χ1) is 13.2. The van der Waals surface area contributed by atoms with Gasteiger partial charge < -0.3 is 4.42 Å². The van der Waals surface area contributed by atoms with Gasteiger partial charge in [-0.25, -0.2) is 4.98 Å². The van der Waals surface area contributed by atoms with Crippen molar-refractivity contribution in [2.45, 2.75) is 30.9 Å². The Bertz CT molecular complexity index is 1180. The van der Waals surface area contributed by atoms with E-state index in [1.165, 1.54) is 34.8 Å². The lowest BCUT2D eigenvalue weighted by Crippen LogP contribution is -2.18. The van der Waals surface area contributed by atoms with Gasteiger partial charge in [0.25, 0.3) is 5.22 Å². The predicted octanol–water partition coefficient (Wildman–Crippen LogP) is 5.75. The minimum Gasteiger partial charge on any atom is -0.431 e. The minimum absolute atomic E-state index is 0.0691. The average molecular weight is 397 g/mol. The Balaban J connectivity index is 1.45. The number of carbonyl (C=O) groups is 1. The van der Waals surface area contributed by atoms with Crippen molar-refractivity contribution in [3.63, 3.8) is 0 Å². The van der Waals surface area contributed by atoms with Crippen molar-refractivity contribution in [2.24, 2.45) is 0 Å². The first kappa shape index (κ1) is 16.9. The Labute approximate surface area is 165 Å². The number of hydrogen-bond acceptors (Lipinski definition) is 4. The number of fused-ring (bicyclic) bond motifs is 4. The molecule has 4 aromatic rings. The largest absolute Gasteiger partial charge is 0.431 e. The number of benzene rings is 2. The standard InChI is InChI=1S/C21H17ClN2O2S/c22-13-9-10-19-16(11-13)23-21(26-19)27-12-20(25)24-17-7-3-1-5-14(17)15-6-2-4-8-18(15)24/h1,3,5,7,9-11H,2,4,6,8,12H2. The molecule has 0 fully saturated rings. The molecule has 136 valence electrons. The zero-order chi connectivity index (χ0) is 18.4. The molecule has 2 aromatic carbocycles. The number of nitrogens with zero attached hydrogens (tertiary/aromatic N) is 2. The van der Waals surface area contributed by atoms with Crippen LogP contribution >= 0.6 is 23.4 Å². The maximum Gasteiger partial charge on any atom is 0.257 e. The van der Waals surface area contributed by atoms with E-state index in [-0.39, 0.29) is 11.7 Å². The normalized spacial score (nSPS) is 14.0. The highest BCUT2D eigenvalue weighted by molar-refractivity contribution is 7.99. The van der Waals surface area contributed by atoms with E-state index < -0.39 is 0 Å². The molecule has 0 saturated carbocycles. The summed E-state index contributed by atoms with van der Waals surface area (Å²) in [5, 5.41) is 2.32. The molecule has 0 amide bonds. The van der Waals surface area contributed by atoms with Crippen molar-refractivity contribution in [1.82, 2.24) is 9.55 Å². The lowest BCUT2D eigenvalue weighted by Gasteiger charge is -2.14. The summed E-state index contributed by atoms with van der Waals surface area (Å²) >= 11 is 7.33. The Morgan fingerprint density at radius 2 is 2.04 bits per heavy atom. The zero-order valence-electron chi connectivity index (χ0n) is 14.6. The lowest BCUT2D eigenvalue weighted by atomic mass is 9.96. The Morgan fingerprint density at radius 1 is 1.19 bits per heavy atom. The Morgan fingerprint density at radius 3 is 2.96 bits per heavy atom. The molecule has 0 aliphatic heterocycles. The summed E-state index contributed by atoms with van der Waals surface area (Å²) in [6.07, 6.45) is 4.34. The number of oxazole rings is 1. The molecule has 4 nitrogen and oxygen atoms in total. The van der Waals surface area contributed by atoms with Crippen molar-refractivity contribution in [3.05, 3.63) is 58.7 Å². The monoisotopic (exact) mass is 396 g/mol. The zero-order valence-corrected chi connectivity index (χ0v) is 16.1. The third-order valence-electron chi connectivity index (χ3n) is 5.08. The minimum atomic E-state index is 0.0691. The molecule has 0 N–H and O–H groups in total. The van der Waals surface area contributed by atoms with E-state index in [9.17, 15) is 4.79 Å². The summed E-state index contributed by atoms with van der Waals surface area (Å²) in [5.41, 5.74) is 4.92. The van der Waals surface area contributed by atoms with Crippen LogP contribution in [-0.2, 0) is 12.8 Å². The molecule has 1 aliphatic rings. The molecule has 1 aliphatic carbocycles. The molecule has 5 rings (SSSR count). The van der Waals surface area contributed by atoms with Gasteiger partial charge in [-0.3, -0.25) is 9.36 Å². The van der Waals surface area contributed by atoms with Gasteiger partial charge in [-0.05, 0) is 55.5 Å². The van der Waals surface area contributed by atoms with E-state index in [2.05, 4.69) is 11.1 Å². The van der Waals surface area contributed by atoms with Crippen LogP contribution in [0.4, 0.5) is 0 Å². The van der Waals surface area contributed by atoms with E-state index in [0.29, 0.717) is 21.3 Å². The van der Waals surface area contributed by atoms with Crippen molar-refractivity contribution < 1.29 is 9.21 Å².